The predicted octanol–water partition coefficient (Wildman–Crippen LogP) is 4.83. The van der Waals surface area contributed by atoms with Crippen molar-refractivity contribution >= 4 is 11.0 Å². The van der Waals surface area contributed by atoms with E-state index in [2.05, 4.69) is 57.3 Å². The summed E-state index contributed by atoms with van der Waals surface area (Å²) in [4.78, 5) is 0. The molecule has 2 rings (SSSR count). The zero-order valence-corrected chi connectivity index (χ0v) is 12.5. The summed E-state index contributed by atoms with van der Waals surface area (Å²) in [6.07, 6.45) is 2.34. The second kappa shape index (κ2) is 6.25. The number of rotatable bonds is 6. The number of nitrogens with one attached hydrogen (secondary N) is 1. The van der Waals surface area contributed by atoms with E-state index in [0.717, 1.165) is 17.9 Å². The van der Waals surface area contributed by atoms with Gasteiger partial charge in [0.25, 0.3) is 0 Å². The SMILES string of the molecule is CCNC(c1cc2cccc(C)c2o1)C(CC)CC. The third-order valence-corrected chi connectivity index (χ3v) is 4.01. The van der Waals surface area contributed by atoms with Crippen molar-refractivity contribution < 1.29 is 4.42 Å². The molecule has 0 radical (unpaired) electrons. The quantitative estimate of drug-likeness (QED) is 0.804. The molecule has 0 saturated heterocycles. The minimum Gasteiger partial charge on any atom is -0.459 e. The van der Waals surface area contributed by atoms with Gasteiger partial charge in [-0.1, -0.05) is 51.8 Å². The number of benzene rings is 1. The van der Waals surface area contributed by atoms with Crippen LogP contribution in [0.4, 0.5) is 0 Å². The highest BCUT2D eigenvalue weighted by molar-refractivity contribution is 5.81. The molecule has 0 fully saturated rings. The third kappa shape index (κ3) is 2.84. The molecule has 1 aromatic heterocycles. The van der Waals surface area contributed by atoms with E-state index in [4.69, 9.17) is 4.42 Å². The van der Waals surface area contributed by atoms with Crippen LogP contribution in [0.25, 0.3) is 11.0 Å². The number of aryl methyl sites for hydroxylation is 1. The van der Waals surface area contributed by atoms with Gasteiger partial charge in [-0.15, -0.1) is 0 Å². The van der Waals surface area contributed by atoms with Crippen LogP contribution in [-0.4, -0.2) is 6.54 Å². The topological polar surface area (TPSA) is 25.2 Å². The van der Waals surface area contributed by atoms with Crippen molar-refractivity contribution in [3.05, 3.63) is 35.6 Å². The first-order valence-corrected chi connectivity index (χ1v) is 7.43. The summed E-state index contributed by atoms with van der Waals surface area (Å²) in [5.41, 5.74) is 2.25. The molecule has 0 aliphatic heterocycles. The van der Waals surface area contributed by atoms with Crippen molar-refractivity contribution in [1.29, 1.82) is 0 Å². The molecular weight excluding hydrogens is 234 g/mol. The van der Waals surface area contributed by atoms with Crippen LogP contribution >= 0.6 is 0 Å². The first-order valence-electron chi connectivity index (χ1n) is 7.43. The van der Waals surface area contributed by atoms with Crippen molar-refractivity contribution in [2.45, 2.75) is 46.6 Å². The Morgan fingerprint density at radius 3 is 2.47 bits per heavy atom. The Labute approximate surface area is 116 Å². The highest BCUT2D eigenvalue weighted by atomic mass is 16.3. The lowest BCUT2D eigenvalue weighted by Crippen LogP contribution is -2.27. The maximum absolute atomic E-state index is 6.14. The van der Waals surface area contributed by atoms with E-state index in [1.807, 2.05) is 0 Å². The Balaban J connectivity index is 2.41. The maximum atomic E-state index is 6.14. The Kier molecular flexibility index (Phi) is 4.65. The van der Waals surface area contributed by atoms with Gasteiger partial charge < -0.3 is 9.73 Å². The molecule has 2 aromatic rings. The Morgan fingerprint density at radius 1 is 1.16 bits per heavy atom. The van der Waals surface area contributed by atoms with Crippen molar-refractivity contribution in [2.24, 2.45) is 5.92 Å². The monoisotopic (exact) mass is 259 g/mol. The van der Waals surface area contributed by atoms with Crippen LogP contribution in [0.5, 0.6) is 0 Å². The average Bonchev–Trinajstić information content (AvgIpc) is 2.84. The molecule has 1 N–H and O–H groups in total. The fraction of sp³-hybridized carbons (Fsp3) is 0.529. The van der Waals surface area contributed by atoms with Gasteiger partial charge in [-0.2, -0.15) is 0 Å². The molecule has 2 heteroatoms. The lowest BCUT2D eigenvalue weighted by molar-refractivity contribution is 0.304. The van der Waals surface area contributed by atoms with Gasteiger partial charge in [0.15, 0.2) is 0 Å². The Hall–Kier alpha value is -1.28. The van der Waals surface area contributed by atoms with Crippen molar-refractivity contribution in [3.63, 3.8) is 0 Å². The van der Waals surface area contributed by atoms with Crippen LogP contribution in [0.3, 0.4) is 0 Å². The maximum Gasteiger partial charge on any atom is 0.137 e. The van der Waals surface area contributed by atoms with Crippen LogP contribution in [-0.2, 0) is 0 Å². The van der Waals surface area contributed by atoms with Gasteiger partial charge in [0, 0.05) is 5.39 Å². The number of para-hydroxylation sites is 1. The normalized spacial score (nSPS) is 13.3. The summed E-state index contributed by atoms with van der Waals surface area (Å²) in [6.45, 7) is 9.74. The van der Waals surface area contributed by atoms with Gasteiger partial charge in [0.1, 0.15) is 11.3 Å². The summed E-state index contributed by atoms with van der Waals surface area (Å²) in [7, 11) is 0. The van der Waals surface area contributed by atoms with Crippen LogP contribution in [0.15, 0.2) is 28.7 Å². The number of hydrogen-bond donors (Lipinski definition) is 1. The molecule has 1 unspecified atom stereocenters. The fourth-order valence-electron chi connectivity index (χ4n) is 2.86. The molecule has 1 atom stereocenters. The highest BCUT2D eigenvalue weighted by Crippen LogP contribution is 2.32. The summed E-state index contributed by atoms with van der Waals surface area (Å²) in [5.74, 6) is 1.71. The van der Waals surface area contributed by atoms with Crippen molar-refractivity contribution in [1.82, 2.24) is 5.32 Å². The summed E-state index contributed by atoms with van der Waals surface area (Å²) in [5, 5.41) is 4.80. The van der Waals surface area contributed by atoms with E-state index < -0.39 is 0 Å². The molecule has 0 aliphatic carbocycles. The third-order valence-electron chi connectivity index (χ3n) is 4.01. The smallest absolute Gasteiger partial charge is 0.137 e. The standard InChI is InChI=1S/C17H25NO/c1-5-13(6-2)16(18-7-3)15-11-14-10-8-9-12(4)17(14)19-15/h8-11,13,16,18H,5-7H2,1-4H3. The summed E-state index contributed by atoms with van der Waals surface area (Å²) >= 11 is 0. The van der Waals surface area contributed by atoms with Gasteiger partial charge in [-0.25, -0.2) is 0 Å². The van der Waals surface area contributed by atoms with E-state index >= 15 is 0 Å². The minimum atomic E-state index is 0.326. The number of hydrogen-bond acceptors (Lipinski definition) is 2. The van der Waals surface area contributed by atoms with Crippen LogP contribution < -0.4 is 5.32 Å². The lowest BCUT2D eigenvalue weighted by Gasteiger charge is -2.24. The van der Waals surface area contributed by atoms with Gasteiger partial charge in [0.2, 0.25) is 0 Å². The zero-order valence-electron chi connectivity index (χ0n) is 12.5. The van der Waals surface area contributed by atoms with E-state index in [1.165, 1.54) is 23.8 Å². The van der Waals surface area contributed by atoms with Crippen molar-refractivity contribution in [3.8, 4) is 0 Å². The number of fused-ring (bicyclic) bond motifs is 1. The molecule has 1 aromatic carbocycles. The van der Waals surface area contributed by atoms with E-state index in [9.17, 15) is 0 Å². The van der Waals surface area contributed by atoms with Gasteiger partial charge in [0.05, 0.1) is 6.04 Å². The second-order valence-electron chi connectivity index (χ2n) is 5.25. The van der Waals surface area contributed by atoms with Crippen LogP contribution in [0.1, 0.15) is 51.0 Å². The summed E-state index contributed by atoms with van der Waals surface area (Å²) in [6, 6.07) is 8.86. The molecule has 104 valence electrons. The molecule has 2 nitrogen and oxygen atoms in total. The fourth-order valence-corrected chi connectivity index (χ4v) is 2.86. The van der Waals surface area contributed by atoms with Gasteiger partial charge in [-0.05, 0) is 31.0 Å². The number of furan rings is 1. The Bertz CT molecular complexity index is 525. The molecule has 0 aliphatic rings. The Morgan fingerprint density at radius 2 is 1.89 bits per heavy atom. The van der Waals surface area contributed by atoms with E-state index in [0.29, 0.717) is 12.0 Å². The van der Waals surface area contributed by atoms with Gasteiger partial charge >= 0.3 is 0 Å². The van der Waals surface area contributed by atoms with Gasteiger partial charge in [-0.3, -0.25) is 0 Å². The van der Waals surface area contributed by atoms with E-state index in [1.54, 1.807) is 0 Å². The molecule has 19 heavy (non-hydrogen) atoms. The molecule has 0 amide bonds. The van der Waals surface area contributed by atoms with Crippen molar-refractivity contribution in [2.75, 3.05) is 6.54 Å². The molecular formula is C17H25NO. The highest BCUT2D eigenvalue weighted by Gasteiger charge is 2.23. The zero-order chi connectivity index (χ0) is 13.8. The minimum absolute atomic E-state index is 0.326. The predicted molar refractivity (Wildman–Crippen MR) is 81.4 cm³/mol. The molecule has 0 bridgehead atoms. The summed E-state index contributed by atoms with van der Waals surface area (Å²) < 4.78 is 6.14. The molecule has 0 spiro atoms. The van der Waals surface area contributed by atoms with Crippen LogP contribution in [0.2, 0.25) is 0 Å². The lowest BCUT2D eigenvalue weighted by atomic mass is 9.92. The molecule has 1 heterocycles. The van der Waals surface area contributed by atoms with Crippen LogP contribution in [0, 0.1) is 12.8 Å². The average molecular weight is 259 g/mol. The first kappa shape index (κ1) is 14.1. The van der Waals surface area contributed by atoms with E-state index in [-0.39, 0.29) is 0 Å². The first-order chi connectivity index (χ1) is 9.21. The largest absolute Gasteiger partial charge is 0.459 e. The molecule has 0 saturated carbocycles. The second-order valence-corrected chi connectivity index (χ2v) is 5.25.